The number of carbonyl (C=O) groups excluding carboxylic acids is 3. The Morgan fingerprint density at radius 2 is 0.537 bits per heavy atom. The van der Waals surface area contributed by atoms with E-state index in [9.17, 15) is 80.2 Å². The molecule has 6 atom stereocenters. The normalized spacial score (nSPS) is 19.3. The molecule has 0 radical (unpaired) electrons. The van der Waals surface area contributed by atoms with E-state index in [-0.39, 0.29) is 27.3 Å². The lowest BCUT2D eigenvalue weighted by molar-refractivity contribution is -0.138. The fraction of sp³-hybridized carbons (Fsp3) is 0.421. The zero-order valence-electron chi connectivity index (χ0n) is 82.9. The van der Waals surface area contributed by atoms with Gasteiger partial charge in [0, 0.05) is 105 Å². The smallest absolute Gasteiger partial charge is 0.370 e. The topological polar surface area (TPSA) is 165 Å². The molecule has 0 spiro atoms. The quantitative estimate of drug-likeness (QED) is 0.0383. The van der Waals surface area contributed by atoms with Gasteiger partial charge in [0.05, 0.1) is 84.7 Å². The van der Waals surface area contributed by atoms with Gasteiger partial charge in [0.1, 0.15) is 9.98 Å². The second kappa shape index (κ2) is 53.2. The van der Waals surface area contributed by atoms with E-state index >= 15 is 0 Å². The van der Waals surface area contributed by atoms with Crippen molar-refractivity contribution in [2.45, 2.75) is 217 Å². The van der Waals surface area contributed by atoms with Crippen molar-refractivity contribution in [3.8, 4) is 0 Å². The Morgan fingerprint density at radius 1 is 0.255 bits per heavy atom. The van der Waals surface area contributed by atoms with Crippen LogP contribution in [0.2, 0.25) is 0 Å². The average molecular weight is 2140 g/mol. The molecule has 16 nitrogen and oxygen atoms in total. The first kappa shape index (κ1) is 113. The summed E-state index contributed by atoms with van der Waals surface area (Å²) < 4.78 is 200. The molecule has 5 saturated heterocycles. The van der Waals surface area contributed by atoms with Crippen LogP contribution in [0.25, 0.3) is 0 Å². The molecule has 9 aromatic carbocycles. The van der Waals surface area contributed by atoms with Gasteiger partial charge in [0.15, 0.2) is 10.2 Å². The maximum atomic E-state index is 13.4. The molecule has 3 amide bonds. The lowest BCUT2D eigenvalue weighted by Crippen LogP contribution is -2.47. The minimum Gasteiger partial charge on any atom is -0.370 e. The summed E-state index contributed by atoms with van der Waals surface area (Å²) in [6, 6.07) is 57.7. The Bertz CT molecular complexity index is 6090. The highest BCUT2D eigenvalue weighted by atomic mass is 32.1. The molecule has 0 bridgehead atoms. The molecule has 149 heavy (non-hydrogen) atoms. The highest BCUT2D eigenvalue weighted by Crippen LogP contribution is 2.48. The third-order valence-electron chi connectivity index (χ3n) is 29.1. The number of rotatable bonds is 15. The van der Waals surface area contributed by atoms with Crippen LogP contribution in [0.1, 0.15) is 250 Å². The van der Waals surface area contributed by atoms with Crippen LogP contribution >= 0.6 is 48.9 Å². The first-order chi connectivity index (χ1) is 71.4. The molecular formula is C114H126F15N13O3S4. The molecule has 794 valence electrons. The summed E-state index contributed by atoms with van der Waals surface area (Å²) in [6.07, 6.45) is 13.3. The van der Waals surface area contributed by atoms with E-state index < -0.39 is 76.4 Å². The summed E-state index contributed by atoms with van der Waals surface area (Å²) in [4.78, 5) is 53.0. The van der Waals surface area contributed by atoms with Crippen molar-refractivity contribution in [3.05, 3.63) is 292 Å². The van der Waals surface area contributed by atoms with Crippen molar-refractivity contribution in [2.75, 3.05) is 110 Å². The number of nitrogens with zero attached hydrogens (tertiary/aromatic N) is 6. The lowest BCUT2D eigenvalue weighted by Gasteiger charge is -2.46. The first-order valence-electron chi connectivity index (χ1n) is 51.6. The molecule has 10 aromatic rings. The molecule has 18 rings (SSSR count). The molecule has 3 saturated carbocycles. The standard InChI is InChI=1S/C24H26F3N3OS.C23H26F3N3OS.C23H25F3N2S.C22H24F3N3S.C22H25F3N2O/c25-24(26,27)19-10-11-21(30-13-12-16-6-4-5-9-18(16)15-30)20(14-19)28-23(32)29-22(31)17-7-2-1-3-8-17;24-23(25,26)18-12-13-20(29-14-8-3-1-2-4-9-15-29)19(16-18)27-22(31)28-21(30)17-10-6-5-7-11-17;24-23(25,26)18-12-13-21(28-14-6-10-16-7-4-5-11-20(16)28)19(15-18)27-22(29)17-8-2-1-3-9-17;23-22(24,25)18-5-6-20(28-12-9-15-3-1-2-4-17(15)14-28)19(13-18)27-21(29)16-7-10-26-11-8-16;23-22(24,25)18-12-13-20(27-14-8-3-1-2-4-9-15-27)19(16-18)26-21(28)17-10-6-5-7-11-17/h1-3,7-8,10-11,14,16,18H,4-6,9,12-13,15H2,(H2,28,29,31,32);5-7,10-13,16H,1-4,8-9,14-15H2,(H2,27,28,30,31);1-3,8-9,12-13,15-16,20H,4-7,10-11,14H2,(H,27,29);5-8,10-11,13,15,17H,1-4,9,12,14H2,(H,27,29);5-7,10-13,16H,1-4,8-9,14-15H2,(H,26,28)/t16-,18-;;16-,20+;15-,17-;/m1.11./s1. The van der Waals surface area contributed by atoms with Crippen LogP contribution in [0.5, 0.6) is 0 Å². The Kier molecular flexibility index (Phi) is 40.2. The van der Waals surface area contributed by atoms with Gasteiger partial charge in [-0.3, -0.25) is 30.0 Å². The van der Waals surface area contributed by atoms with Gasteiger partial charge in [0.25, 0.3) is 17.7 Å². The first-order valence-corrected chi connectivity index (χ1v) is 53.2. The molecular weight excluding hydrogens is 2010 g/mol. The Labute approximate surface area is 882 Å². The van der Waals surface area contributed by atoms with Crippen molar-refractivity contribution in [2.24, 2.45) is 29.6 Å². The van der Waals surface area contributed by atoms with E-state index in [1.54, 1.807) is 128 Å². The monoisotopic (exact) mass is 2140 g/mol. The number of thiocarbonyl (C=S) groups is 4. The fourth-order valence-corrected chi connectivity index (χ4v) is 22.3. The van der Waals surface area contributed by atoms with E-state index in [4.69, 9.17) is 48.9 Å². The number of benzene rings is 9. The summed E-state index contributed by atoms with van der Waals surface area (Å²) in [5.41, 5.74) is 4.33. The van der Waals surface area contributed by atoms with Gasteiger partial charge in [-0.1, -0.05) is 212 Å². The van der Waals surface area contributed by atoms with Gasteiger partial charge in [0.2, 0.25) is 0 Å². The molecule has 3 aliphatic carbocycles. The van der Waals surface area contributed by atoms with Crippen LogP contribution in [-0.4, -0.2) is 108 Å². The van der Waals surface area contributed by atoms with Crippen LogP contribution in [0.3, 0.4) is 0 Å². The Morgan fingerprint density at radius 3 is 0.899 bits per heavy atom. The molecule has 6 heterocycles. The number of nitrogens with one attached hydrogen (secondary N) is 7. The maximum Gasteiger partial charge on any atom is 0.416 e. The molecule has 5 aliphatic heterocycles. The van der Waals surface area contributed by atoms with E-state index in [1.165, 1.54) is 139 Å². The highest BCUT2D eigenvalue weighted by Gasteiger charge is 2.42. The van der Waals surface area contributed by atoms with E-state index in [2.05, 4.69) is 66.7 Å². The number of anilines is 10. The number of aromatic nitrogens is 1. The number of piperidine rings is 3. The highest BCUT2D eigenvalue weighted by molar-refractivity contribution is 7.81. The lowest BCUT2D eigenvalue weighted by atomic mass is 9.75. The molecule has 0 unspecified atom stereocenters. The fourth-order valence-electron chi connectivity index (χ4n) is 21.4. The summed E-state index contributed by atoms with van der Waals surface area (Å²) in [5.74, 6) is 2.03. The van der Waals surface area contributed by atoms with Crippen LogP contribution in [0, 0.1) is 29.6 Å². The predicted molar refractivity (Wildman–Crippen MR) is 580 cm³/mol. The number of pyridine rings is 1. The minimum absolute atomic E-state index is 0.0352. The summed E-state index contributed by atoms with van der Waals surface area (Å²) in [7, 11) is 0. The van der Waals surface area contributed by atoms with Crippen molar-refractivity contribution >= 4 is 144 Å². The second-order valence-electron chi connectivity index (χ2n) is 39.3. The van der Waals surface area contributed by atoms with Crippen LogP contribution in [0.4, 0.5) is 123 Å². The van der Waals surface area contributed by atoms with Crippen LogP contribution in [-0.2, 0) is 30.9 Å². The van der Waals surface area contributed by atoms with Crippen molar-refractivity contribution in [1.82, 2.24) is 15.6 Å². The molecule has 8 fully saturated rings. The molecule has 35 heteroatoms. The summed E-state index contributed by atoms with van der Waals surface area (Å²) >= 11 is 21.5. The van der Waals surface area contributed by atoms with Crippen LogP contribution in [0.15, 0.2) is 237 Å². The SMILES string of the molecule is FC(F)(F)c1ccc(N2CCC[C@H]3CCCC[C@@H]32)c(NC(=S)c2ccccc2)c1.FC(F)(F)c1ccc(N2CC[C@H]3CCCC[C@@H]3C2)c(NC(=S)c2ccncc2)c1.O=C(NC(=S)Nc1cc(C(F)(F)F)ccc1N1CCCCCCCC1)c1ccccc1.O=C(NC(=S)Nc1cc(C(F)(F)F)ccc1N1CC[C@H]2CCCC[C@@H]2C1)c1ccccc1.O=C(Nc1cc(C(F)(F)F)ccc1N1CCCCCCCC1)c1ccccc1. The zero-order valence-corrected chi connectivity index (χ0v) is 86.1. The van der Waals surface area contributed by atoms with Gasteiger partial charge < -0.3 is 51.1 Å². The van der Waals surface area contributed by atoms with Crippen molar-refractivity contribution in [1.29, 1.82) is 0 Å². The minimum atomic E-state index is -4.47. The predicted octanol–water partition coefficient (Wildman–Crippen LogP) is 30.5. The molecule has 7 N–H and O–H groups in total. The third kappa shape index (κ3) is 32.6. The number of hydrogen-bond donors (Lipinski definition) is 7. The van der Waals surface area contributed by atoms with Gasteiger partial charge in [-0.15, -0.1) is 0 Å². The molecule has 1 aromatic heterocycles. The number of fused-ring (bicyclic) bond motifs is 3. The molecule has 8 aliphatic rings. The van der Waals surface area contributed by atoms with Crippen molar-refractivity contribution < 1.29 is 80.2 Å². The van der Waals surface area contributed by atoms with Gasteiger partial charge in [-0.25, -0.2) is 0 Å². The van der Waals surface area contributed by atoms with Gasteiger partial charge in [-0.2, -0.15) is 65.9 Å². The van der Waals surface area contributed by atoms with Gasteiger partial charge in [-0.05, 0) is 271 Å². The Hall–Kier alpha value is -12.0. The van der Waals surface area contributed by atoms with E-state index in [1.807, 2.05) is 30.3 Å². The zero-order chi connectivity index (χ0) is 106. The Balaban J connectivity index is 0.000000147. The summed E-state index contributed by atoms with van der Waals surface area (Å²) in [5, 5.41) is 19.6. The maximum absolute atomic E-state index is 13.4. The van der Waals surface area contributed by atoms with Crippen LogP contribution < -0.4 is 61.7 Å². The number of amides is 3. The van der Waals surface area contributed by atoms with E-state index in [0.717, 1.165) is 207 Å². The third-order valence-corrected chi connectivity index (χ3v) is 30.2. The largest absolute Gasteiger partial charge is 0.416 e. The summed E-state index contributed by atoms with van der Waals surface area (Å²) in [6.45, 7) is 7.35. The number of hydrogen-bond acceptors (Lipinski definition) is 13. The number of alkyl halides is 15. The van der Waals surface area contributed by atoms with Gasteiger partial charge >= 0.3 is 30.9 Å². The number of halogens is 15. The average Bonchev–Trinajstić information content (AvgIpc) is 0.927. The van der Waals surface area contributed by atoms with Crippen molar-refractivity contribution in [3.63, 3.8) is 0 Å². The number of carbonyl (C=O) groups is 3. The second-order valence-corrected chi connectivity index (χ2v) is 40.9. The van der Waals surface area contributed by atoms with E-state index in [0.29, 0.717) is 84.8 Å².